The maximum absolute atomic E-state index is 9.77. The first-order valence-corrected chi connectivity index (χ1v) is 6.13. The summed E-state index contributed by atoms with van der Waals surface area (Å²) < 4.78 is 10.6. The number of benzene rings is 1. The van der Waals surface area contributed by atoms with Crippen molar-refractivity contribution in [3.05, 3.63) is 29.3 Å². The predicted molar refractivity (Wildman–Crippen MR) is 65.8 cm³/mol. The van der Waals surface area contributed by atoms with E-state index in [1.165, 1.54) is 0 Å². The fourth-order valence-corrected chi connectivity index (χ4v) is 1.94. The molecule has 4 N–H and O–H groups in total. The Labute approximate surface area is 114 Å². The standard InChI is InChI=1S/C12H15ClO6/c13-6-1-3-7(4-2-6)18-12-11(17)10(16)9(15)8(5-14)19-12/h1-4,8-12,14-17H,5H2/t8?,9-,10?,11-,12?/m0/s1. The van der Waals surface area contributed by atoms with Crippen LogP contribution in [0, 0.1) is 0 Å². The van der Waals surface area contributed by atoms with Gasteiger partial charge in [0.15, 0.2) is 0 Å². The normalized spacial score (nSPS) is 35.1. The molecule has 106 valence electrons. The smallest absolute Gasteiger partial charge is 0.229 e. The first kappa shape index (κ1) is 14.5. The second-order valence-electron chi connectivity index (χ2n) is 4.27. The van der Waals surface area contributed by atoms with Crippen molar-refractivity contribution < 1.29 is 29.9 Å². The minimum absolute atomic E-state index is 0.383. The number of rotatable bonds is 3. The van der Waals surface area contributed by atoms with Gasteiger partial charge in [0.2, 0.25) is 6.29 Å². The lowest BCUT2D eigenvalue weighted by Gasteiger charge is -2.39. The topological polar surface area (TPSA) is 99.4 Å². The molecule has 2 rings (SSSR count). The summed E-state index contributed by atoms with van der Waals surface area (Å²) in [6, 6.07) is 6.34. The molecule has 1 saturated heterocycles. The van der Waals surface area contributed by atoms with Gasteiger partial charge in [-0.2, -0.15) is 0 Å². The number of hydrogen-bond donors (Lipinski definition) is 4. The lowest BCUT2D eigenvalue weighted by atomic mass is 9.99. The highest BCUT2D eigenvalue weighted by Crippen LogP contribution is 2.24. The van der Waals surface area contributed by atoms with Crippen LogP contribution < -0.4 is 4.74 Å². The van der Waals surface area contributed by atoms with E-state index in [2.05, 4.69) is 0 Å². The van der Waals surface area contributed by atoms with Crippen LogP contribution in [0.3, 0.4) is 0 Å². The van der Waals surface area contributed by atoms with Crippen molar-refractivity contribution in [2.24, 2.45) is 0 Å². The van der Waals surface area contributed by atoms with Gasteiger partial charge in [-0.3, -0.25) is 0 Å². The van der Waals surface area contributed by atoms with Crippen LogP contribution in [0.4, 0.5) is 0 Å². The Morgan fingerprint density at radius 1 is 1.05 bits per heavy atom. The zero-order valence-electron chi connectivity index (χ0n) is 9.89. The monoisotopic (exact) mass is 290 g/mol. The number of aliphatic hydroxyl groups excluding tert-OH is 4. The first-order valence-electron chi connectivity index (χ1n) is 5.75. The van der Waals surface area contributed by atoms with Crippen LogP contribution in [0.5, 0.6) is 5.75 Å². The lowest BCUT2D eigenvalue weighted by molar-refractivity contribution is -0.277. The third-order valence-electron chi connectivity index (χ3n) is 2.91. The Bertz CT molecular complexity index is 409. The van der Waals surface area contributed by atoms with Crippen molar-refractivity contribution in [3.8, 4) is 5.75 Å². The molecule has 6 nitrogen and oxygen atoms in total. The molecule has 3 unspecified atom stereocenters. The summed E-state index contributed by atoms with van der Waals surface area (Å²) in [5.41, 5.74) is 0. The number of aliphatic hydroxyl groups is 4. The molecule has 0 aliphatic carbocycles. The van der Waals surface area contributed by atoms with Crippen LogP contribution in [-0.2, 0) is 4.74 Å². The quantitative estimate of drug-likeness (QED) is 0.600. The fraction of sp³-hybridized carbons (Fsp3) is 0.500. The molecule has 1 heterocycles. The molecule has 0 spiro atoms. The molecule has 1 fully saturated rings. The molecule has 19 heavy (non-hydrogen) atoms. The highest BCUT2D eigenvalue weighted by Gasteiger charge is 2.44. The molecular formula is C12H15ClO6. The lowest BCUT2D eigenvalue weighted by Crippen LogP contribution is -2.60. The van der Waals surface area contributed by atoms with Gasteiger partial charge in [-0.15, -0.1) is 0 Å². The van der Waals surface area contributed by atoms with Crippen molar-refractivity contribution in [1.82, 2.24) is 0 Å². The minimum Gasteiger partial charge on any atom is -0.462 e. The molecular weight excluding hydrogens is 276 g/mol. The van der Waals surface area contributed by atoms with Crippen molar-refractivity contribution in [1.29, 1.82) is 0 Å². The van der Waals surface area contributed by atoms with E-state index in [0.717, 1.165) is 0 Å². The average molecular weight is 291 g/mol. The molecule has 1 aromatic carbocycles. The highest BCUT2D eigenvalue weighted by molar-refractivity contribution is 6.30. The number of hydrogen-bond acceptors (Lipinski definition) is 6. The van der Waals surface area contributed by atoms with Crippen LogP contribution >= 0.6 is 11.6 Å². The molecule has 0 saturated carbocycles. The third-order valence-corrected chi connectivity index (χ3v) is 3.17. The summed E-state index contributed by atoms with van der Waals surface area (Å²) >= 11 is 5.73. The van der Waals surface area contributed by atoms with Gasteiger partial charge in [0.05, 0.1) is 6.61 Å². The van der Waals surface area contributed by atoms with E-state index in [9.17, 15) is 15.3 Å². The van der Waals surface area contributed by atoms with E-state index in [4.69, 9.17) is 26.2 Å². The zero-order chi connectivity index (χ0) is 14.0. The van der Waals surface area contributed by atoms with Gasteiger partial charge >= 0.3 is 0 Å². The summed E-state index contributed by atoms with van der Waals surface area (Å²) in [7, 11) is 0. The van der Waals surface area contributed by atoms with Crippen LogP contribution in [0.25, 0.3) is 0 Å². The molecule has 1 aromatic rings. The molecule has 7 heteroatoms. The van der Waals surface area contributed by atoms with Gasteiger partial charge in [-0.25, -0.2) is 0 Å². The van der Waals surface area contributed by atoms with Gasteiger partial charge in [0.25, 0.3) is 0 Å². The fourth-order valence-electron chi connectivity index (χ4n) is 1.81. The summed E-state index contributed by atoms with van der Waals surface area (Å²) in [4.78, 5) is 0. The largest absolute Gasteiger partial charge is 0.462 e. The molecule has 0 bridgehead atoms. The molecule has 0 aromatic heterocycles. The SMILES string of the molecule is OCC1OC(Oc2ccc(Cl)cc2)[C@@H](O)C(O)[C@H]1O. The van der Waals surface area contributed by atoms with Crippen LogP contribution in [-0.4, -0.2) is 57.7 Å². The Hall–Kier alpha value is -0.890. The van der Waals surface area contributed by atoms with Gasteiger partial charge in [-0.05, 0) is 24.3 Å². The average Bonchev–Trinajstić information content (AvgIpc) is 2.42. The molecule has 1 aliphatic rings. The molecule has 0 radical (unpaired) electrons. The van der Waals surface area contributed by atoms with Crippen molar-refractivity contribution in [3.63, 3.8) is 0 Å². The van der Waals surface area contributed by atoms with Crippen LogP contribution in [0.1, 0.15) is 0 Å². The van der Waals surface area contributed by atoms with Crippen molar-refractivity contribution in [2.75, 3.05) is 6.61 Å². The maximum Gasteiger partial charge on any atom is 0.229 e. The summed E-state index contributed by atoms with van der Waals surface area (Å²) in [6.07, 6.45) is -6.45. The van der Waals surface area contributed by atoms with Crippen LogP contribution in [0.2, 0.25) is 5.02 Å². The minimum atomic E-state index is -1.46. The second-order valence-corrected chi connectivity index (χ2v) is 4.71. The Kier molecular flexibility index (Phi) is 4.62. The van der Waals surface area contributed by atoms with Crippen LogP contribution in [0.15, 0.2) is 24.3 Å². The van der Waals surface area contributed by atoms with Crippen molar-refractivity contribution in [2.45, 2.75) is 30.7 Å². The van der Waals surface area contributed by atoms with Gasteiger partial charge in [0, 0.05) is 5.02 Å². The van der Waals surface area contributed by atoms with E-state index in [1.54, 1.807) is 24.3 Å². The van der Waals surface area contributed by atoms with Gasteiger partial charge in [-0.1, -0.05) is 11.6 Å². The maximum atomic E-state index is 9.77. The molecule has 5 atom stereocenters. The van der Waals surface area contributed by atoms with Gasteiger partial charge < -0.3 is 29.9 Å². The Morgan fingerprint density at radius 2 is 1.68 bits per heavy atom. The zero-order valence-corrected chi connectivity index (χ0v) is 10.6. The van der Waals surface area contributed by atoms with E-state index in [1.807, 2.05) is 0 Å². The third kappa shape index (κ3) is 3.17. The van der Waals surface area contributed by atoms with E-state index < -0.39 is 37.3 Å². The van der Waals surface area contributed by atoms with E-state index in [0.29, 0.717) is 10.8 Å². The Balaban J connectivity index is 2.08. The second kappa shape index (κ2) is 6.04. The summed E-state index contributed by atoms with van der Waals surface area (Å²) in [5.74, 6) is 0.383. The Morgan fingerprint density at radius 3 is 2.26 bits per heavy atom. The van der Waals surface area contributed by atoms with E-state index in [-0.39, 0.29) is 0 Å². The summed E-state index contributed by atoms with van der Waals surface area (Å²) in [5, 5.41) is 38.5. The number of halogens is 1. The van der Waals surface area contributed by atoms with Gasteiger partial charge in [0.1, 0.15) is 30.2 Å². The molecule has 0 amide bonds. The van der Waals surface area contributed by atoms with Crippen molar-refractivity contribution >= 4 is 11.6 Å². The molecule has 1 aliphatic heterocycles. The van der Waals surface area contributed by atoms with E-state index >= 15 is 0 Å². The first-order chi connectivity index (χ1) is 9.02. The highest BCUT2D eigenvalue weighted by atomic mass is 35.5. The number of ether oxygens (including phenoxy) is 2. The predicted octanol–water partition coefficient (Wildman–Crippen LogP) is -0.481. The summed E-state index contributed by atoms with van der Waals surface area (Å²) in [6.45, 7) is -0.495.